The Kier molecular flexibility index (Phi) is 4.08. The Morgan fingerprint density at radius 1 is 1.33 bits per heavy atom. The zero-order chi connectivity index (χ0) is 18.4. The fourth-order valence-corrected chi connectivity index (χ4v) is 4.32. The van der Waals surface area contributed by atoms with Crippen LogP contribution < -0.4 is 10.1 Å². The molecule has 0 saturated carbocycles. The highest BCUT2D eigenvalue weighted by atomic mass is 16.5. The van der Waals surface area contributed by atoms with E-state index in [4.69, 9.17) is 9.72 Å². The van der Waals surface area contributed by atoms with E-state index in [9.17, 15) is 4.79 Å². The molecular formula is C21H24N4O2. The maximum absolute atomic E-state index is 13.0. The molecule has 2 unspecified atom stereocenters. The number of hydrogen-bond acceptors (Lipinski definition) is 5. The van der Waals surface area contributed by atoms with E-state index in [0.717, 1.165) is 59.8 Å². The Balaban J connectivity index is 1.33. The number of aromatic nitrogens is 2. The third-order valence-corrected chi connectivity index (χ3v) is 5.75. The second-order valence-electron chi connectivity index (χ2n) is 7.78. The summed E-state index contributed by atoms with van der Waals surface area (Å²) in [6, 6.07) is 6.07. The monoisotopic (exact) mass is 364 g/mol. The van der Waals surface area contributed by atoms with Gasteiger partial charge >= 0.3 is 0 Å². The van der Waals surface area contributed by atoms with Crippen LogP contribution in [0.2, 0.25) is 0 Å². The van der Waals surface area contributed by atoms with E-state index in [0.29, 0.717) is 13.1 Å². The predicted molar refractivity (Wildman–Crippen MR) is 101 cm³/mol. The van der Waals surface area contributed by atoms with Gasteiger partial charge in [0.25, 0.3) is 5.91 Å². The summed E-state index contributed by atoms with van der Waals surface area (Å²) in [4.78, 5) is 24.3. The van der Waals surface area contributed by atoms with Crippen molar-refractivity contribution in [3.8, 4) is 5.75 Å². The number of rotatable bonds is 2. The highest BCUT2D eigenvalue weighted by molar-refractivity contribution is 5.94. The molecule has 1 fully saturated rings. The van der Waals surface area contributed by atoms with Crippen LogP contribution in [-0.2, 0) is 19.4 Å². The van der Waals surface area contributed by atoms with Crippen LogP contribution in [0.3, 0.4) is 0 Å². The number of amides is 1. The number of benzene rings is 1. The average molecular weight is 364 g/mol. The van der Waals surface area contributed by atoms with Crippen molar-refractivity contribution in [2.24, 2.45) is 0 Å². The molecule has 2 atom stereocenters. The normalized spacial score (nSPS) is 23.7. The first-order chi connectivity index (χ1) is 13.2. The van der Waals surface area contributed by atoms with Gasteiger partial charge in [-0.2, -0.15) is 0 Å². The van der Waals surface area contributed by atoms with Crippen molar-refractivity contribution in [3.05, 3.63) is 52.6 Å². The average Bonchev–Trinajstić information content (AvgIpc) is 3.34. The number of nitrogens with one attached hydrogen (secondary N) is 1. The van der Waals surface area contributed by atoms with Gasteiger partial charge in [-0.15, -0.1) is 0 Å². The fourth-order valence-electron chi connectivity index (χ4n) is 4.32. The predicted octanol–water partition coefficient (Wildman–Crippen LogP) is 2.42. The van der Waals surface area contributed by atoms with Crippen LogP contribution in [-0.4, -0.2) is 40.0 Å². The SMILES string of the molecule is CC1Cc2cc(C(=O)N3CCc4nc(C5CCCN5)ncc4C3)ccc2O1. The number of ether oxygens (including phenoxy) is 1. The van der Waals surface area contributed by atoms with Crippen molar-refractivity contribution in [3.63, 3.8) is 0 Å². The van der Waals surface area contributed by atoms with E-state index in [-0.39, 0.29) is 18.1 Å². The van der Waals surface area contributed by atoms with E-state index in [2.05, 4.69) is 17.2 Å². The van der Waals surface area contributed by atoms with Crippen molar-refractivity contribution in [1.82, 2.24) is 20.2 Å². The zero-order valence-electron chi connectivity index (χ0n) is 15.6. The molecule has 3 aliphatic heterocycles. The quantitative estimate of drug-likeness (QED) is 0.886. The standard InChI is InChI=1S/C21H24N4O2/c1-13-9-15-10-14(4-5-19(15)27-13)21(26)25-8-6-17-16(12-25)11-23-20(24-17)18-3-2-7-22-18/h4-5,10-11,13,18,22H,2-3,6-9,12H2,1H3. The molecule has 27 heavy (non-hydrogen) atoms. The van der Waals surface area contributed by atoms with E-state index >= 15 is 0 Å². The Morgan fingerprint density at radius 2 is 2.26 bits per heavy atom. The largest absolute Gasteiger partial charge is 0.490 e. The highest BCUT2D eigenvalue weighted by Crippen LogP contribution is 2.30. The second kappa shape index (κ2) is 6.60. The third kappa shape index (κ3) is 3.08. The van der Waals surface area contributed by atoms with Gasteiger partial charge in [0, 0.05) is 43.3 Å². The first-order valence-corrected chi connectivity index (χ1v) is 9.84. The molecule has 0 radical (unpaired) electrons. The van der Waals surface area contributed by atoms with E-state index < -0.39 is 0 Å². The van der Waals surface area contributed by atoms with Gasteiger partial charge in [-0.3, -0.25) is 4.79 Å². The van der Waals surface area contributed by atoms with E-state index in [1.165, 1.54) is 6.42 Å². The van der Waals surface area contributed by atoms with E-state index in [1.54, 1.807) is 0 Å². The minimum atomic E-state index is 0.0736. The first-order valence-electron chi connectivity index (χ1n) is 9.84. The maximum atomic E-state index is 13.0. The summed E-state index contributed by atoms with van der Waals surface area (Å²) in [6.07, 6.45) is 6.03. The van der Waals surface area contributed by atoms with Crippen molar-refractivity contribution in [2.75, 3.05) is 13.1 Å². The maximum Gasteiger partial charge on any atom is 0.254 e. The number of hydrogen-bond donors (Lipinski definition) is 1. The van der Waals surface area contributed by atoms with Gasteiger partial charge in [-0.1, -0.05) is 0 Å². The molecule has 1 saturated heterocycles. The molecular weight excluding hydrogens is 340 g/mol. The van der Waals surface area contributed by atoms with Crippen LogP contribution in [0.25, 0.3) is 0 Å². The molecule has 2 aromatic rings. The molecule has 3 aliphatic rings. The molecule has 6 heteroatoms. The molecule has 140 valence electrons. The Morgan fingerprint density at radius 3 is 3.11 bits per heavy atom. The van der Waals surface area contributed by atoms with Gasteiger partial charge in [0.2, 0.25) is 0 Å². The number of carbonyl (C=O) groups is 1. The highest BCUT2D eigenvalue weighted by Gasteiger charge is 2.27. The molecule has 5 rings (SSSR count). The Bertz CT molecular complexity index is 892. The van der Waals surface area contributed by atoms with Gasteiger partial charge in [0.1, 0.15) is 17.7 Å². The van der Waals surface area contributed by atoms with Crippen LogP contribution in [0, 0.1) is 0 Å². The molecule has 0 aliphatic carbocycles. The molecule has 1 amide bonds. The second-order valence-corrected chi connectivity index (χ2v) is 7.78. The molecule has 0 spiro atoms. The van der Waals surface area contributed by atoms with Gasteiger partial charge in [-0.25, -0.2) is 9.97 Å². The number of carbonyl (C=O) groups excluding carboxylic acids is 1. The molecule has 1 aromatic heterocycles. The summed E-state index contributed by atoms with van der Waals surface area (Å²) in [5.41, 5.74) is 4.02. The fraction of sp³-hybridized carbons (Fsp3) is 0.476. The summed E-state index contributed by atoms with van der Waals surface area (Å²) >= 11 is 0. The summed E-state index contributed by atoms with van der Waals surface area (Å²) in [6.45, 7) is 4.37. The summed E-state index contributed by atoms with van der Waals surface area (Å²) in [5, 5.41) is 3.45. The molecule has 0 bridgehead atoms. The van der Waals surface area contributed by atoms with Gasteiger partial charge < -0.3 is 15.0 Å². The van der Waals surface area contributed by atoms with Crippen LogP contribution in [0.4, 0.5) is 0 Å². The lowest BCUT2D eigenvalue weighted by atomic mass is 10.0. The van der Waals surface area contributed by atoms with Crippen LogP contribution in [0.1, 0.15) is 58.8 Å². The summed E-state index contributed by atoms with van der Waals surface area (Å²) in [7, 11) is 0. The van der Waals surface area contributed by atoms with Crippen LogP contribution in [0.5, 0.6) is 5.75 Å². The molecule has 1 N–H and O–H groups in total. The van der Waals surface area contributed by atoms with Crippen molar-refractivity contribution in [2.45, 2.75) is 51.3 Å². The smallest absolute Gasteiger partial charge is 0.254 e. The van der Waals surface area contributed by atoms with E-state index in [1.807, 2.05) is 29.3 Å². The van der Waals surface area contributed by atoms with Crippen molar-refractivity contribution >= 4 is 5.91 Å². The summed E-state index contributed by atoms with van der Waals surface area (Å²) < 4.78 is 5.74. The molecule has 1 aromatic carbocycles. The van der Waals surface area contributed by atoms with Crippen molar-refractivity contribution in [1.29, 1.82) is 0 Å². The topological polar surface area (TPSA) is 67.4 Å². The Labute approximate surface area is 159 Å². The lowest BCUT2D eigenvalue weighted by Gasteiger charge is -2.28. The summed E-state index contributed by atoms with van der Waals surface area (Å²) in [5.74, 6) is 1.88. The third-order valence-electron chi connectivity index (χ3n) is 5.75. The van der Waals surface area contributed by atoms with Crippen molar-refractivity contribution < 1.29 is 9.53 Å². The van der Waals surface area contributed by atoms with Gasteiger partial charge in [0.05, 0.1) is 11.7 Å². The minimum absolute atomic E-state index is 0.0736. The Hall–Kier alpha value is -2.47. The lowest BCUT2D eigenvalue weighted by Crippen LogP contribution is -2.36. The minimum Gasteiger partial charge on any atom is -0.490 e. The number of fused-ring (bicyclic) bond motifs is 2. The van der Waals surface area contributed by atoms with Crippen LogP contribution in [0.15, 0.2) is 24.4 Å². The lowest BCUT2D eigenvalue weighted by molar-refractivity contribution is 0.0733. The molecule has 4 heterocycles. The van der Waals surface area contributed by atoms with Gasteiger partial charge in [-0.05, 0) is 50.1 Å². The first kappa shape index (κ1) is 16.7. The van der Waals surface area contributed by atoms with Crippen LogP contribution >= 0.6 is 0 Å². The zero-order valence-corrected chi connectivity index (χ0v) is 15.6. The molecule has 6 nitrogen and oxygen atoms in total. The van der Waals surface area contributed by atoms with Gasteiger partial charge in [0.15, 0.2) is 0 Å². The number of nitrogens with zero attached hydrogens (tertiary/aromatic N) is 3.